The van der Waals surface area contributed by atoms with E-state index in [0.29, 0.717) is 0 Å². The molecule has 302 valence electrons. The zero-order valence-corrected chi connectivity index (χ0v) is 35.4. The summed E-state index contributed by atoms with van der Waals surface area (Å²) in [4.78, 5) is 2.45. The lowest BCUT2D eigenvalue weighted by molar-refractivity contribution is 0.670. The van der Waals surface area contributed by atoms with Crippen LogP contribution >= 0.6 is 0 Å². The Labute approximate surface area is 376 Å². The highest BCUT2D eigenvalue weighted by Gasteiger charge is 2.51. The Balaban J connectivity index is 1.07. The number of anilines is 3. The molecule has 0 bridgehead atoms. The molecule has 65 heavy (non-hydrogen) atoms. The minimum absolute atomic E-state index is 0.486. The van der Waals surface area contributed by atoms with Gasteiger partial charge in [-0.25, -0.2) is 0 Å². The Morgan fingerprint density at radius 1 is 0.308 bits per heavy atom. The molecule has 2 aliphatic carbocycles. The molecule has 0 N–H and O–H groups in total. The third-order valence-electron chi connectivity index (χ3n) is 14.2. The average molecular weight is 826 g/mol. The van der Waals surface area contributed by atoms with Gasteiger partial charge in [0.25, 0.3) is 0 Å². The van der Waals surface area contributed by atoms with Crippen LogP contribution in [0.5, 0.6) is 0 Å². The van der Waals surface area contributed by atoms with Gasteiger partial charge in [-0.05, 0) is 114 Å². The van der Waals surface area contributed by atoms with Gasteiger partial charge in [0, 0.05) is 27.6 Å². The van der Waals surface area contributed by atoms with Gasteiger partial charge in [0.2, 0.25) is 0 Å². The first-order valence-electron chi connectivity index (χ1n) is 22.5. The maximum absolute atomic E-state index is 7.45. The Hall–Kier alpha value is -8.46. The van der Waals surface area contributed by atoms with E-state index in [4.69, 9.17) is 4.42 Å². The Bertz CT molecular complexity index is 3850. The van der Waals surface area contributed by atoms with E-state index in [0.717, 1.165) is 61.3 Å². The maximum atomic E-state index is 7.45. The first kappa shape index (κ1) is 36.1. The number of hydrogen-bond donors (Lipinski definition) is 0. The summed E-state index contributed by atoms with van der Waals surface area (Å²) in [7, 11) is 0. The number of para-hydroxylation sites is 2. The summed E-state index contributed by atoms with van der Waals surface area (Å²) in [6.07, 6.45) is 0. The van der Waals surface area contributed by atoms with Crippen molar-refractivity contribution in [2.45, 2.75) is 5.41 Å². The molecule has 2 heteroatoms. The first-order chi connectivity index (χ1) is 32.3. The van der Waals surface area contributed by atoms with Crippen LogP contribution in [-0.4, -0.2) is 0 Å². The first-order valence-corrected chi connectivity index (χ1v) is 22.5. The summed E-state index contributed by atoms with van der Waals surface area (Å²) in [6.45, 7) is 0. The van der Waals surface area contributed by atoms with E-state index in [1.807, 2.05) is 0 Å². The van der Waals surface area contributed by atoms with E-state index in [9.17, 15) is 0 Å². The van der Waals surface area contributed by atoms with Gasteiger partial charge in [0.1, 0.15) is 5.58 Å². The normalized spacial score (nSPS) is 13.0. The van der Waals surface area contributed by atoms with Gasteiger partial charge in [-0.1, -0.05) is 200 Å². The van der Waals surface area contributed by atoms with E-state index in [1.54, 1.807) is 0 Å². The summed E-state index contributed by atoms with van der Waals surface area (Å²) in [5.74, 6) is 0. The maximum Gasteiger partial charge on any atom is 0.159 e. The smallest absolute Gasteiger partial charge is 0.159 e. The number of benzene rings is 11. The lowest BCUT2D eigenvalue weighted by Crippen LogP contribution is -2.26. The molecule has 2 aliphatic rings. The molecule has 1 aromatic heterocycles. The second-order valence-corrected chi connectivity index (χ2v) is 17.5. The molecule has 0 radical (unpaired) electrons. The highest BCUT2D eigenvalue weighted by atomic mass is 16.3. The van der Waals surface area contributed by atoms with Crippen molar-refractivity contribution in [3.63, 3.8) is 0 Å². The molecule has 0 aliphatic heterocycles. The van der Waals surface area contributed by atoms with Crippen LogP contribution in [0.4, 0.5) is 17.1 Å². The highest BCUT2D eigenvalue weighted by Crippen LogP contribution is 2.63. The quantitative estimate of drug-likeness (QED) is 0.172. The van der Waals surface area contributed by atoms with E-state index in [1.165, 1.54) is 66.1 Å². The highest BCUT2D eigenvalue weighted by molar-refractivity contribution is 6.20. The van der Waals surface area contributed by atoms with Crippen molar-refractivity contribution < 1.29 is 4.42 Å². The lowest BCUT2D eigenvalue weighted by atomic mass is 9.70. The average Bonchev–Trinajstić information content (AvgIpc) is 4.00. The zero-order valence-electron chi connectivity index (χ0n) is 35.4. The Morgan fingerprint density at radius 2 is 0.877 bits per heavy atom. The van der Waals surface area contributed by atoms with Gasteiger partial charge in [0.05, 0.1) is 16.8 Å². The summed E-state index contributed by atoms with van der Waals surface area (Å²) in [5, 5.41) is 6.95. The summed E-state index contributed by atoms with van der Waals surface area (Å²) < 4.78 is 7.45. The number of rotatable bonds is 5. The summed E-state index contributed by atoms with van der Waals surface area (Å²) in [6, 6.07) is 86.9. The second kappa shape index (κ2) is 13.8. The van der Waals surface area contributed by atoms with Crippen LogP contribution in [0.1, 0.15) is 22.3 Å². The van der Waals surface area contributed by atoms with Gasteiger partial charge in [-0.3, -0.25) is 0 Å². The fourth-order valence-corrected chi connectivity index (χ4v) is 11.5. The molecule has 14 rings (SSSR count). The van der Waals surface area contributed by atoms with Crippen LogP contribution in [0.3, 0.4) is 0 Å². The zero-order chi connectivity index (χ0) is 42.6. The standard InChI is InChI=1S/C63H39NO/c1-2-18-41(19-3-1)46-22-11-15-31-58(46)64(45-35-36-51-50-26-10-14-30-56(50)63(57(51)39-45)54-28-12-8-24-48(54)49-25-9-13-29-55(49)63)59-32-16-27-52-53-38-43-21-6-7-23-47(43)60(62(53)65-61(52)59)44-34-33-40-17-4-5-20-42(40)37-44/h1-39H. The molecule has 0 fully saturated rings. The van der Waals surface area contributed by atoms with Crippen molar-refractivity contribution in [2.75, 3.05) is 4.90 Å². The number of nitrogens with zero attached hydrogens (tertiary/aromatic N) is 1. The Kier molecular flexibility index (Phi) is 7.64. The fourth-order valence-electron chi connectivity index (χ4n) is 11.5. The van der Waals surface area contributed by atoms with Crippen LogP contribution < -0.4 is 4.90 Å². The van der Waals surface area contributed by atoms with Crippen LogP contribution in [0.25, 0.3) is 88.0 Å². The van der Waals surface area contributed by atoms with Crippen molar-refractivity contribution in [3.05, 3.63) is 259 Å². The molecule has 0 amide bonds. The minimum atomic E-state index is -0.486. The molecule has 0 saturated heterocycles. The van der Waals surface area contributed by atoms with Crippen LogP contribution in [0.2, 0.25) is 0 Å². The van der Waals surface area contributed by atoms with Crippen molar-refractivity contribution in [2.24, 2.45) is 0 Å². The molecule has 0 saturated carbocycles. The molecular weight excluding hydrogens is 787 g/mol. The molecule has 11 aromatic carbocycles. The van der Waals surface area contributed by atoms with Crippen LogP contribution in [-0.2, 0) is 5.41 Å². The van der Waals surface area contributed by atoms with Crippen molar-refractivity contribution >= 4 is 60.5 Å². The predicted octanol–water partition coefficient (Wildman–Crippen LogP) is 17.0. The monoisotopic (exact) mass is 825 g/mol. The van der Waals surface area contributed by atoms with Crippen LogP contribution in [0, 0.1) is 0 Å². The van der Waals surface area contributed by atoms with E-state index >= 15 is 0 Å². The van der Waals surface area contributed by atoms with E-state index < -0.39 is 5.41 Å². The van der Waals surface area contributed by atoms with Crippen molar-refractivity contribution in [3.8, 4) is 44.5 Å². The molecule has 12 aromatic rings. The van der Waals surface area contributed by atoms with Gasteiger partial charge in [0.15, 0.2) is 5.58 Å². The minimum Gasteiger partial charge on any atom is -0.453 e. The summed E-state index contributed by atoms with van der Waals surface area (Å²) >= 11 is 0. The molecule has 1 spiro atoms. The van der Waals surface area contributed by atoms with E-state index in [-0.39, 0.29) is 0 Å². The molecule has 1 heterocycles. The van der Waals surface area contributed by atoms with Gasteiger partial charge < -0.3 is 9.32 Å². The molecule has 0 unspecified atom stereocenters. The van der Waals surface area contributed by atoms with Crippen molar-refractivity contribution in [1.82, 2.24) is 0 Å². The van der Waals surface area contributed by atoms with Gasteiger partial charge >= 0.3 is 0 Å². The van der Waals surface area contributed by atoms with Gasteiger partial charge in [-0.15, -0.1) is 0 Å². The van der Waals surface area contributed by atoms with E-state index in [2.05, 4.69) is 241 Å². The number of furan rings is 1. The third kappa shape index (κ3) is 5.05. The fraction of sp³-hybridized carbons (Fsp3) is 0.0159. The summed E-state index contributed by atoms with van der Waals surface area (Å²) in [5.41, 5.74) is 19.3. The third-order valence-corrected chi connectivity index (χ3v) is 14.2. The molecular formula is C63H39NO. The predicted molar refractivity (Wildman–Crippen MR) is 271 cm³/mol. The molecule has 2 nitrogen and oxygen atoms in total. The SMILES string of the molecule is c1ccc(-c2ccccc2N(c2ccc3c(c2)C2(c4ccccc4-c4ccccc42)c2ccccc2-3)c2cccc3c2oc2c(-c4ccc5ccccc5c4)c4ccccc4cc23)cc1. The topological polar surface area (TPSA) is 16.4 Å². The molecule has 0 atom stereocenters. The number of hydrogen-bond acceptors (Lipinski definition) is 2. The van der Waals surface area contributed by atoms with Gasteiger partial charge in [-0.2, -0.15) is 0 Å². The Morgan fingerprint density at radius 3 is 1.62 bits per heavy atom. The van der Waals surface area contributed by atoms with Crippen LogP contribution in [0.15, 0.2) is 241 Å². The number of fused-ring (bicyclic) bond motifs is 15. The largest absolute Gasteiger partial charge is 0.453 e. The van der Waals surface area contributed by atoms with Crippen molar-refractivity contribution in [1.29, 1.82) is 0 Å². The lowest BCUT2D eigenvalue weighted by Gasteiger charge is -2.32. The second-order valence-electron chi connectivity index (χ2n) is 17.5.